The molecule has 0 radical (unpaired) electrons. The fraction of sp³-hybridized carbons (Fsp3) is 0.0385. The molecule has 2 heterocycles. The van der Waals surface area contributed by atoms with Gasteiger partial charge in [0.25, 0.3) is 0 Å². The molecule has 0 saturated carbocycles. The number of para-hydroxylation sites is 2. The number of furan rings is 2. The van der Waals surface area contributed by atoms with Crippen molar-refractivity contribution in [1.82, 2.24) is 0 Å². The molecule has 2 aromatic heterocycles. The lowest BCUT2D eigenvalue weighted by Crippen LogP contribution is -2.28. The zero-order valence-electron chi connectivity index (χ0n) is 29.0. The van der Waals surface area contributed by atoms with Gasteiger partial charge in [0.15, 0.2) is 0 Å². The SMILES string of the molecule is c1ccc2c(c1)C1=C(c3ccccc3C13c1ccccc1-c1c3ccc3oc4ccccc4c13)C21c2ccccc2-c2c1ccc1oc3ccccc3c21. The van der Waals surface area contributed by atoms with Crippen molar-refractivity contribution in [2.75, 3.05) is 0 Å². The second-order valence-electron chi connectivity index (χ2n) is 15.4. The highest BCUT2D eigenvalue weighted by Gasteiger charge is 2.63. The molecule has 2 nitrogen and oxygen atoms in total. The van der Waals surface area contributed by atoms with E-state index in [4.69, 9.17) is 8.83 Å². The zero-order chi connectivity index (χ0) is 34.9. The molecule has 4 aliphatic carbocycles. The Hall–Kier alpha value is -6.90. The van der Waals surface area contributed by atoms with E-state index in [2.05, 4.69) is 170 Å². The van der Waals surface area contributed by atoms with Crippen LogP contribution in [-0.4, -0.2) is 0 Å². The molecule has 8 aromatic carbocycles. The average Bonchev–Trinajstić information content (AvgIpc) is 4.05. The van der Waals surface area contributed by atoms with Gasteiger partial charge in [-0.1, -0.05) is 146 Å². The molecule has 4 aliphatic rings. The highest BCUT2D eigenvalue weighted by atomic mass is 16.3. The molecule has 2 unspecified atom stereocenters. The minimum atomic E-state index is -0.534. The van der Waals surface area contributed by atoms with E-state index in [0.717, 1.165) is 33.1 Å². The first-order valence-electron chi connectivity index (χ1n) is 18.9. The summed E-state index contributed by atoms with van der Waals surface area (Å²) < 4.78 is 13.1. The molecular formula is C52H28O2. The molecule has 0 fully saturated rings. The van der Waals surface area contributed by atoms with Gasteiger partial charge in [-0.3, -0.25) is 0 Å². The molecule has 248 valence electrons. The first kappa shape index (κ1) is 27.7. The van der Waals surface area contributed by atoms with Crippen LogP contribution in [0.25, 0.3) is 77.3 Å². The Bertz CT molecular complexity index is 3180. The third-order valence-corrected chi connectivity index (χ3v) is 13.3. The van der Waals surface area contributed by atoms with E-state index in [1.54, 1.807) is 0 Å². The quantitative estimate of drug-likeness (QED) is 0.159. The number of hydrogen-bond acceptors (Lipinski definition) is 2. The summed E-state index contributed by atoms with van der Waals surface area (Å²) >= 11 is 0. The summed E-state index contributed by atoms with van der Waals surface area (Å²) in [6, 6.07) is 63.1. The minimum Gasteiger partial charge on any atom is -0.456 e. The van der Waals surface area contributed by atoms with Gasteiger partial charge < -0.3 is 8.83 Å². The van der Waals surface area contributed by atoms with Crippen molar-refractivity contribution in [1.29, 1.82) is 0 Å². The van der Waals surface area contributed by atoms with Crippen molar-refractivity contribution in [2.45, 2.75) is 10.8 Å². The van der Waals surface area contributed by atoms with E-state index in [0.29, 0.717) is 0 Å². The molecule has 2 spiro atoms. The third-order valence-electron chi connectivity index (χ3n) is 13.3. The lowest BCUT2D eigenvalue weighted by molar-refractivity contribution is 0.668. The molecular weight excluding hydrogens is 657 g/mol. The largest absolute Gasteiger partial charge is 0.456 e. The Labute approximate surface area is 310 Å². The maximum Gasteiger partial charge on any atom is 0.136 e. The number of rotatable bonds is 0. The molecule has 14 rings (SSSR count). The Kier molecular flexibility index (Phi) is 4.71. The summed E-state index contributed by atoms with van der Waals surface area (Å²) in [6.07, 6.45) is 0. The van der Waals surface area contributed by atoms with Gasteiger partial charge in [-0.05, 0) is 102 Å². The zero-order valence-corrected chi connectivity index (χ0v) is 29.0. The maximum atomic E-state index is 6.55. The highest BCUT2D eigenvalue weighted by Crippen LogP contribution is 2.75. The van der Waals surface area contributed by atoms with Crippen LogP contribution >= 0.6 is 0 Å². The average molecular weight is 685 g/mol. The van der Waals surface area contributed by atoms with Gasteiger partial charge in [0.05, 0.1) is 10.8 Å². The third kappa shape index (κ3) is 2.80. The first-order valence-corrected chi connectivity index (χ1v) is 18.9. The predicted octanol–water partition coefficient (Wildman–Crippen LogP) is 13.1. The van der Waals surface area contributed by atoms with Crippen molar-refractivity contribution in [3.63, 3.8) is 0 Å². The Morgan fingerprint density at radius 2 is 0.630 bits per heavy atom. The molecule has 0 N–H and O–H groups in total. The van der Waals surface area contributed by atoms with Crippen LogP contribution in [0.15, 0.2) is 179 Å². The van der Waals surface area contributed by atoms with Gasteiger partial charge >= 0.3 is 0 Å². The first-order chi connectivity index (χ1) is 26.8. The standard InChI is InChI=1S/C52H28O2/c1-7-19-35-29(13-1)45-39(25-27-43-47(45)33-17-5-11-23-41(33)53-43)51(35)37-21-9-3-15-31(37)50-49(51)32-16-4-10-22-38(32)52(50)36-20-8-2-14-30(36)46-40(52)26-28-44-48(46)34-18-6-12-24-42(34)54-44/h1-28H. The molecule has 54 heavy (non-hydrogen) atoms. The van der Waals surface area contributed by atoms with Gasteiger partial charge in [0.1, 0.15) is 22.3 Å². The molecule has 2 atom stereocenters. The van der Waals surface area contributed by atoms with Crippen LogP contribution in [-0.2, 0) is 10.8 Å². The molecule has 0 aliphatic heterocycles. The summed E-state index contributed by atoms with van der Waals surface area (Å²) in [5, 5.41) is 4.72. The summed E-state index contributed by atoms with van der Waals surface area (Å²) in [4.78, 5) is 0. The van der Waals surface area contributed by atoms with Crippen LogP contribution in [0.5, 0.6) is 0 Å². The van der Waals surface area contributed by atoms with E-state index in [9.17, 15) is 0 Å². The van der Waals surface area contributed by atoms with E-state index >= 15 is 0 Å². The van der Waals surface area contributed by atoms with E-state index in [-0.39, 0.29) is 0 Å². The second-order valence-corrected chi connectivity index (χ2v) is 15.4. The van der Waals surface area contributed by atoms with Crippen LogP contribution in [0.4, 0.5) is 0 Å². The number of benzene rings is 8. The summed E-state index contributed by atoms with van der Waals surface area (Å²) in [5.74, 6) is 0. The van der Waals surface area contributed by atoms with Crippen molar-refractivity contribution >= 4 is 55.0 Å². The van der Waals surface area contributed by atoms with Crippen molar-refractivity contribution in [2.24, 2.45) is 0 Å². The number of allylic oxidation sites excluding steroid dienone is 2. The number of fused-ring (bicyclic) bond motifs is 26. The van der Waals surface area contributed by atoms with E-state index in [1.165, 1.54) is 88.7 Å². The predicted molar refractivity (Wildman–Crippen MR) is 218 cm³/mol. The highest BCUT2D eigenvalue weighted by molar-refractivity contribution is 6.24. The fourth-order valence-corrected chi connectivity index (χ4v) is 11.7. The van der Waals surface area contributed by atoms with E-state index in [1.807, 2.05) is 0 Å². The normalized spacial score (nSPS) is 19.6. The second kappa shape index (κ2) is 9.17. The molecule has 0 saturated heterocycles. The topological polar surface area (TPSA) is 26.3 Å². The Balaban J connectivity index is 1.21. The van der Waals surface area contributed by atoms with Crippen molar-refractivity contribution in [3.05, 3.63) is 214 Å². The summed E-state index contributed by atoms with van der Waals surface area (Å²) in [6.45, 7) is 0. The van der Waals surface area contributed by atoms with Crippen LogP contribution < -0.4 is 0 Å². The van der Waals surface area contributed by atoms with Crippen LogP contribution in [0.3, 0.4) is 0 Å². The van der Waals surface area contributed by atoms with Gasteiger partial charge in [-0.15, -0.1) is 0 Å². The van der Waals surface area contributed by atoms with Gasteiger partial charge in [-0.25, -0.2) is 0 Å². The maximum absolute atomic E-state index is 6.55. The lowest BCUT2D eigenvalue weighted by Gasteiger charge is -2.34. The van der Waals surface area contributed by atoms with Crippen LogP contribution in [0, 0.1) is 0 Å². The fourth-order valence-electron chi connectivity index (χ4n) is 11.7. The van der Waals surface area contributed by atoms with Gasteiger partial charge in [-0.2, -0.15) is 0 Å². The van der Waals surface area contributed by atoms with Crippen molar-refractivity contribution < 1.29 is 8.83 Å². The van der Waals surface area contributed by atoms with Gasteiger partial charge in [0, 0.05) is 21.5 Å². The molecule has 2 heteroatoms. The minimum absolute atomic E-state index is 0.534. The molecule has 0 amide bonds. The van der Waals surface area contributed by atoms with E-state index < -0.39 is 10.8 Å². The lowest BCUT2D eigenvalue weighted by atomic mass is 9.66. The Morgan fingerprint density at radius 1 is 0.278 bits per heavy atom. The molecule has 10 aromatic rings. The monoisotopic (exact) mass is 684 g/mol. The Morgan fingerprint density at radius 3 is 1.07 bits per heavy atom. The summed E-state index contributed by atoms with van der Waals surface area (Å²) in [5.41, 5.74) is 21.3. The van der Waals surface area contributed by atoms with Crippen LogP contribution in [0.1, 0.15) is 44.5 Å². The summed E-state index contributed by atoms with van der Waals surface area (Å²) in [7, 11) is 0. The molecule has 0 bridgehead atoms. The number of hydrogen-bond donors (Lipinski definition) is 0. The van der Waals surface area contributed by atoms with Crippen LogP contribution in [0.2, 0.25) is 0 Å². The smallest absolute Gasteiger partial charge is 0.136 e. The van der Waals surface area contributed by atoms with Crippen molar-refractivity contribution in [3.8, 4) is 22.3 Å². The van der Waals surface area contributed by atoms with Gasteiger partial charge in [0.2, 0.25) is 0 Å².